The Morgan fingerprint density at radius 2 is 2.17 bits per heavy atom. The first-order valence-electron chi connectivity index (χ1n) is 8.05. The van der Waals surface area contributed by atoms with Crippen LogP contribution in [0.1, 0.15) is 47.2 Å². The van der Waals surface area contributed by atoms with Crippen LogP contribution in [0.25, 0.3) is 0 Å². The van der Waals surface area contributed by atoms with Gasteiger partial charge in [-0.2, -0.15) is 0 Å². The van der Waals surface area contributed by atoms with Gasteiger partial charge >= 0.3 is 0 Å². The second-order valence-electron chi connectivity index (χ2n) is 5.80. The molecule has 2 aromatic heterocycles. The summed E-state index contributed by atoms with van der Waals surface area (Å²) >= 11 is 0. The van der Waals surface area contributed by atoms with E-state index >= 15 is 0 Å². The number of aromatic nitrogens is 2. The summed E-state index contributed by atoms with van der Waals surface area (Å²) in [5, 5.41) is 12.4. The number of pyridine rings is 1. The van der Waals surface area contributed by atoms with Crippen LogP contribution in [0.5, 0.6) is 0 Å². The molecule has 0 saturated heterocycles. The van der Waals surface area contributed by atoms with E-state index in [0.717, 1.165) is 17.1 Å². The fraction of sp³-hybridized carbons (Fsp3) is 0.444. The van der Waals surface area contributed by atoms with Crippen molar-refractivity contribution in [2.45, 2.75) is 46.3 Å². The minimum Gasteiger partial charge on any atom is -0.393 e. The Balaban J connectivity index is 2.06. The molecule has 2 rings (SSSR count). The number of amides is 1. The first-order valence-corrected chi connectivity index (χ1v) is 8.05. The molecule has 2 aromatic rings. The third-order valence-electron chi connectivity index (χ3n) is 4.10. The summed E-state index contributed by atoms with van der Waals surface area (Å²) in [4.78, 5) is 16.7. The van der Waals surface area contributed by atoms with E-state index in [-0.39, 0.29) is 12.0 Å². The number of carbonyl (C=O) groups excluding carboxylic acids is 1. The summed E-state index contributed by atoms with van der Waals surface area (Å²) in [7, 11) is 0. The van der Waals surface area contributed by atoms with Crippen molar-refractivity contribution < 1.29 is 9.90 Å². The van der Waals surface area contributed by atoms with E-state index in [1.54, 1.807) is 6.20 Å². The van der Waals surface area contributed by atoms with Crippen LogP contribution >= 0.6 is 0 Å². The van der Waals surface area contributed by atoms with Gasteiger partial charge < -0.3 is 15.0 Å². The van der Waals surface area contributed by atoms with Crippen molar-refractivity contribution in [2.24, 2.45) is 0 Å². The Labute approximate surface area is 137 Å². The van der Waals surface area contributed by atoms with Gasteiger partial charge in [-0.05, 0) is 44.9 Å². The lowest BCUT2D eigenvalue weighted by atomic mass is 10.2. The molecule has 0 saturated carbocycles. The molecule has 0 spiro atoms. The topological polar surface area (TPSA) is 67.2 Å². The van der Waals surface area contributed by atoms with Crippen molar-refractivity contribution in [1.29, 1.82) is 0 Å². The summed E-state index contributed by atoms with van der Waals surface area (Å²) in [6.45, 7) is 7.01. The van der Waals surface area contributed by atoms with Gasteiger partial charge in [-0.15, -0.1) is 0 Å². The molecule has 5 nitrogen and oxygen atoms in total. The Bertz CT molecular complexity index is 650. The van der Waals surface area contributed by atoms with Crippen LogP contribution < -0.4 is 5.32 Å². The lowest BCUT2D eigenvalue weighted by molar-refractivity contribution is 0.0941. The maximum atomic E-state index is 12.3. The first-order chi connectivity index (χ1) is 11.0. The molecule has 0 aliphatic heterocycles. The molecule has 0 radical (unpaired) electrons. The van der Waals surface area contributed by atoms with E-state index in [0.29, 0.717) is 31.5 Å². The van der Waals surface area contributed by atoms with Gasteiger partial charge in [0.2, 0.25) is 0 Å². The highest BCUT2D eigenvalue weighted by molar-refractivity contribution is 5.95. The lowest BCUT2D eigenvalue weighted by Crippen LogP contribution is -2.27. The number of nitrogens with one attached hydrogen (secondary N) is 1. The van der Waals surface area contributed by atoms with Crippen LogP contribution in [0.3, 0.4) is 0 Å². The predicted octanol–water partition coefficient (Wildman–Crippen LogP) is 2.44. The molecule has 0 aromatic carbocycles. The molecule has 0 aliphatic carbocycles. The van der Waals surface area contributed by atoms with Crippen LogP contribution in [0, 0.1) is 13.8 Å². The molecule has 2 N–H and O–H groups in total. The SMILES string of the molecule is CCC(O)CCNC(=O)c1cc(C)n(Cc2ccccn2)c1C. The minimum absolute atomic E-state index is 0.0892. The second-order valence-corrected chi connectivity index (χ2v) is 5.80. The number of aryl methyl sites for hydroxylation is 1. The average molecular weight is 315 g/mol. The third-order valence-corrected chi connectivity index (χ3v) is 4.10. The standard InChI is InChI=1S/C18H25N3O2/c1-4-16(22)8-10-20-18(23)17-11-13(2)21(14(17)3)12-15-7-5-6-9-19-15/h5-7,9,11,16,22H,4,8,10,12H2,1-3H3,(H,20,23). The third kappa shape index (κ3) is 4.42. The largest absolute Gasteiger partial charge is 0.393 e. The van der Waals surface area contributed by atoms with Gasteiger partial charge in [0.05, 0.1) is 23.9 Å². The predicted molar refractivity (Wildman–Crippen MR) is 90.5 cm³/mol. The number of rotatable bonds is 7. The fourth-order valence-electron chi connectivity index (χ4n) is 2.58. The van der Waals surface area contributed by atoms with Crippen molar-refractivity contribution in [1.82, 2.24) is 14.9 Å². The van der Waals surface area contributed by atoms with Crippen LogP contribution in [-0.2, 0) is 6.54 Å². The Hall–Kier alpha value is -2.14. The molecule has 1 atom stereocenters. The monoisotopic (exact) mass is 315 g/mol. The summed E-state index contributed by atoms with van der Waals surface area (Å²) in [6.07, 6.45) is 2.70. The maximum absolute atomic E-state index is 12.3. The van der Waals surface area contributed by atoms with Crippen molar-refractivity contribution in [2.75, 3.05) is 6.54 Å². The van der Waals surface area contributed by atoms with Gasteiger partial charge in [0.25, 0.3) is 5.91 Å². The van der Waals surface area contributed by atoms with Crippen molar-refractivity contribution in [3.05, 3.63) is 53.1 Å². The summed E-state index contributed by atoms with van der Waals surface area (Å²) in [6, 6.07) is 7.74. The Morgan fingerprint density at radius 1 is 1.39 bits per heavy atom. The maximum Gasteiger partial charge on any atom is 0.253 e. The Kier molecular flexibility index (Phi) is 5.93. The normalized spacial score (nSPS) is 12.2. The van der Waals surface area contributed by atoms with Gasteiger partial charge in [-0.25, -0.2) is 0 Å². The Morgan fingerprint density at radius 3 is 2.83 bits per heavy atom. The molecule has 1 unspecified atom stereocenters. The van der Waals surface area contributed by atoms with E-state index in [4.69, 9.17) is 0 Å². The van der Waals surface area contributed by atoms with Gasteiger partial charge in [-0.1, -0.05) is 13.0 Å². The highest BCUT2D eigenvalue weighted by Crippen LogP contribution is 2.16. The van der Waals surface area contributed by atoms with Crippen LogP contribution in [-0.4, -0.2) is 33.2 Å². The number of nitrogens with zero attached hydrogens (tertiary/aromatic N) is 2. The van der Waals surface area contributed by atoms with E-state index in [1.165, 1.54) is 0 Å². The van der Waals surface area contributed by atoms with E-state index in [1.807, 2.05) is 45.0 Å². The zero-order chi connectivity index (χ0) is 16.8. The number of hydrogen-bond acceptors (Lipinski definition) is 3. The molecule has 0 bridgehead atoms. The van der Waals surface area contributed by atoms with Crippen LogP contribution in [0.2, 0.25) is 0 Å². The molecule has 1 amide bonds. The minimum atomic E-state index is -0.355. The van der Waals surface area contributed by atoms with Gasteiger partial charge in [-0.3, -0.25) is 9.78 Å². The smallest absolute Gasteiger partial charge is 0.253 e. The molecule has 0 fully saturated rings. The molecule has 23 heavy (non-hydrogen) atoms. The zero-order valence-corrected chi connectivity index (χ0v) is 14.0. The van der Waals surface area contributed by atoms with Gasteiger partial charge in [0.15, 0.2) is 0 Å². The van der Waals surface area contributed by atoms with Crippen LogP contribution in [0.15, 0.2) is 30.5 Å². The quantitative estimate of drug-likeness (QED) is 0.824. The summed E-state index contributed by atoms with van der Waals surface area (Å²) in [5.74, 6) is -0.0892. The lowest BCUT2D eigenvalue weighted by Gasteiger charge is -2.10. The van der Waals surface area contributed by atoms with E-state index in [2.05, 4.69) is 14.9 Å². The van der Waals surface area contributed by atoms with E-state index in [9.17, 15) is 9.90 Å². The molecular weight excluding hydrogens is 290 g/mol. The van der Waals surface area contributed by atoms with Crippen molar-refractivity contribution >= 4 is 5.91 Å². The molecule has 0 aliphatic rings. The zero-order valence-electron chi connectivity index (χ0n) is 14.0. The first kappa shape index (κ1) is 17.2. The highest BCUT2D eigenvalue weighted by atomic mass is 16.3. The highest BCUT2D eigenvalue weighted by Gasteiger charge is 2.16. The molecule has 124 valence electrons. The molecular formula is C18H25N3O2. The summed E-state index contributed by atoms with van der Waals surface area (Å²) in [5.41, 5.74) is 3.62. The van der Waals surface area contributed by atoms with Crippen LogP contribution in [0.4, 0.5) is 0 Å². The molecule has 2 heterocycles. The number of aliphatic hydroxyl groups excluding tert-OH is 1. The van der Waals surface area contributed by atoms with Gasteiger partial charge in [0.1, 0.15) is 0 Å². The number of hydrogen-bond donors (Lipinski definition) is 2. The average Bonchev–Trinajstić information content (AvgIpc) is 2.83. The van der Waals surface area contributed by atoms with Crippen molar-refractivity contribution in [3.63, 3.8) is 0 Å². The van der Waals surface area contributed by atoms with Gasteiger partial charge in [0, 0.05) is 24.1 Å². The molecule has 5 heteroatoms. The number of aliphatic hydroxyl groups is 1. The summed E-state index contributed by atoms with van der Waals surface area (Å²) < 4.78 is 2.10. The number of carbonyl (C=O) groups is 1. The fourth-order valence-corrected chi connectivity index (χ4v) is 2.58. The van der Waals surface area contributed by atoms with E-state index < -0.39 is 0 Å². The second kappa shape index (κ2) is 7.92. The van der Waals surface area contributed by atoms with Crippen molar-refractivity contribution in [3.8, 4) is 0 Å².